The van der Waals surface area contributed by atoms with Crippen molar-refractivity contribution in [2.24, 2.45) is 5.73 Å². The van der Waals surface area contributed by atoms with Crippen LogP contribution in [0.2, 0.25) is 5.02 Å². The van der Waals surface area contributed by atoms with E-state index in [2.05, 4.69) is 10.3 Å². The van der Waals surface area contributed by atoms with Gasteiger partial charge in [-0.1, -0.05) is 11.6 Å². The molecule has 1 unspecified atom stereocenters. The smallest absolute Gasteiger partial charge is 0.268 e. The standard InChI is InChI=1S/C16H20ClN3O2/c1-16(22)5-4-11(18)14(8-16)20-15(21)13-7-9-6-10(17)2-3-12(9)19-13/h2-3,6-7,11,14,19,22H,4-5,8,18H2,1H3,(H,20,21)/t11-,14+,16?/m1/s1. The van der Waals surface area contributed by atoms with E-state index in [0.29, 0.717) is 30.0 Å². The maximum Gasteiger partial charge on any atom is 0.268 e. The van der Waals surface area contributed by atoms with Crippen molar-refractivity contribution in [3.05, 3.63) is 35.0 Å². The van der Waals surface area contributed by atoms with Crippen LogP contribution in [0.5, 0.6) is 0 Å². The van der Waals surface area contributed by atoms with E-state index in [1.807, 2.05) is 6.07 Å². The van der Waals surface area contributed by atoms with Gasteiger partial charge in [0.25, 0.3) is 5.91 Å². The van der Waals surface area contributed by atoms with Crippen molar-refractivity contribution in [2.75, 3.05) is 0 Å². The first-order valence-electron chi connectivity index (χ1n) is 7.41. The number of carbonyl (C=O) groups is 1. The van der Waals surface area contributed by atoms with Crippen molar-refractivity contribution in [1.29, 1.82) is 0 Å². The number of nitrogens with one attached hydrogen (secondary N) is 2. The number of halogens is 1. The molecule has 1 aliphatic carbocycles. The highest BCUT2D eigenvalue weighted by Gasteiger charge is 2.35. The lowest BCUT2D eigenvalue weighted by molar-refractivity contribution is 0.00490. The number of aliphatic hydroxyl groups is 1. The summed E-state index contributed by atoms with van der Waals surface area (Å²) >= 11 is 5.95. The van der Waals surface area contributed by atoms with Crippen LogP contribution in [-0.4, -0.2) is 33.7 Å². The summed E-state index contributed by atoms with van der Waals surface area (Å²) in [5.41, 5.74) is 6.62. The average molecular weight is 322 g/mol. The molecule has 1 aliphatic rings. The zero-order valence-electron chi connectivity index (χ0n) is 12.4. The number of hydrogen-bond acceptors (Lipinski definition) is 3. The molecule has 0 bridgehead atoms. The molecule has 1 aromatic carbocycles. The second-order valence-corrected chi connectivity index (χ2v) is 6.83. The highest BCUT2D eigenvalue weighted by atomic mass is 35.5. The third-order valence-electron chi connectivity index (χ3n) is 4.34. The zero-order valence-corrected chi connectivity index (χ0v) is 13.2. The Kier molecular flexibility index (Phi) is 3.89. The first-order valence-corrected chi connectivity index (χ1v) is 7.79. The number of nitrogens with two attached hydrogens (primary N) is 1. The lowest BCUT2D eigenvalue weighted by Gasteiger charge is -2.38. The normalized spacial score (nSPS) is 28.7. The number of amides is 1. The molecule has 0 spiro atoms. The van der Waals surface area contributed by atoms with Crippen LogP contribution >= 0.6 is 11.6 Å². The van der Waals surface area contributed by atoms with Crippen LogP contribution in [0.1, 0.15) is 36.7 Å². The van der Waals surface area contributed by atoms with Gasteiger partial charge in [-0.3, -0.25) is 4.79 Å². The molecule has 1 saturated carbocycles. The molecular formula is C16H20ClN3O2. The minimum Gasteiger partial charge on any atom is -0.390 e. The Morgan fingerprint density at radius 2 is 2.27 bits per heavy atom. The molecular weight excluding hydrogens is 302 g/mol. The SMILES string of the molecule is CC1(O)CC[C@@H](N)[C@@H](NC(=O)c2cc3cc(Cl)ccc3[nH]2)C1. The van der Waals surface area contributed by atoms with Crippen molar-refractivity contribution >= 4 is 28.4 Å². The number of fused-ring (bicyclic) bond motifs is 1. The summed E-state index contributed by atoms with van der Waals surface area (Å²) in [4.78, 5) is 15.5. The molecule has 0 saturated heterocycles. The van der Waals surface area contributed by atoms with Gasteiger partial charge < -0.3 is 21.1 Å². The van der Waals surface area contributed by atoms with Gasteiger partial charge in [-0.15, -0.1) is 0 Å². The van der Waals surface area contributed by atoms with Crippen LogP contribution < -0.4 is 11.1 Å². The molecule has 118 valence electrons. The fraction of sp³-hybridized carbons (Fsp3) is 0.438. The fourth-order valence-corrected chi connectivity index (χ4v) is 3.22. The van der Waals surface area contributed by atoms with Crippen LogP contribution in [0.4, 0.5) is 0 Å². The Hall–Kier alpha value is -1.56. The van der Waals surface area contributed by atoms with Crippen LogP contribution in [0, 0.1) is 0 Å². The van der Waals surface area contributed by atoms with Crippen molar-refractivity contribution in [3.8, 4) is 0 Å². The Labute approximate surface area is 133 Å². The van der Waals surface area contributed by atoms with Gasteiger partial charge in [-0.2, -0.15) is 0 Å². The highest BCUT2D eigenvalue weighted by Crippen LogP contribution is 2.27. The average Bonchev–Trinajstić information content (AvgIpc) is 2.85. The molecule has 5 N–H and O–H groups in total. The van der Waals surface area contributed by atoms with E-state index in [1.54, 1.807) is 25.1 Å². The topological polar surface area (TPSA) is 91.1 Å². The summed E-state index contributed by atoms with van der Waals surface area (Å²) in [7, 11) is 0. The number of aromatic amines is 1. The number of hydrogen-bond donors (Lipinski definition) is 4. The van der Waals surface area contributed by atoms with Gasteiger partial charge >= 0.3 is 0 Å². The predicted molar refractivity (Wildman–Crippen MR) is 87.0 cm³/mol. The summed E-state index contributed by atoms with van der Waals surface area (Å²) in [5, 5.41) is 14.6. The molecule has 2 aromatic rings. The van der Waals surface area contributed by atoms with E-state index in [4.69, 9.17) is 17.3 Å². The largest absolute Gasteiger partial charge is 0.390 e. The molecule has 1 fully saturated rings. The Morgan fingerprint density at radius 3 is 3.05 bits per heavy atom. The second-order valence-electron chi connectivity index (χ2n) is 6.40. The number of rotatable bonds is 2. The van der Waals surface area contributed by atoms with Crippen molar-refractivity contribution in [2.45, 2.75) is 43.9 Å². The first kappa shape index (κ1) is 15.3. The van der Waals surface area contributed by atoms with E-state index in [1.165, 1.54) is 0 Å². The quantitative estimate of drug-likeness (QED) is 0.683. The molecule has 22 heavy (non-hydrogen) atoms. The fourth-order valence-electron chi connectivity index (χ4n) is 3.04. The number of H-pyrrole nitrogens is 1. The molecule has 3 atom stereocenters. The summed E-state index contributed by atoms with van der Waals surface area (Å²) in [6.45, 7) is 1.78. The maximum atomic E-state index is 12.4. The van der Waals surface area contributed by atoms with Crippen molar-refractivity contribution in [3.63, 3.8) is 0 Å². The number of benzene rings is 1. The van der Waals surface area contributed by atoms with Crippen LogP contribution in [0.25, 0.3) is 10.9 Å². The van der Waals surface area contributed by atoms with Gasteiger partial charge in [-0.05, 0) is 50.5 Å². The molecule has 1 amide bonds. The number of carbonyl (C=O) groups excluding carboxylic acids is 1. The lowest BCUT2D eigenvalue weighted by Crippen LogP contribution is -2.55. The van der Waals surface area contributed by atoms with E-state index in [9.17, 15) is 9.90 Å². The van der Waals surface area contributed by atoms with Gasteiger partial charge in [0.05, 0.1) is 5.60 Å². The Bertz CT molecular complexity index is 710. The molecule has 1 heterocycles. The molecule has 0 aliphatic heterocycles. The van der Waals surface area contributed by atoms with Gasteiger partial charge in [0, 0.05) is 28.0 Å². The molecule has 6 heteroatoms. The predicted octanol–water partition coefficient (Wildman–Crippen LogP) is 2.18. The molecule has 1 aromatic heterocycles. The zero-order chi connectivity index (χ0) is 15.9. The van der Waals surface area contributed by atoms with Crippen molar-refractivity contribution < 1.29 is 9.90 Å². The van der Waals surface area contributed by atoms with Gasteiger partial charge in [0.15, 0.2) is 0 Å². The van der Waals surface area contributed by atoms with E-state index >= 15 is 0 Å². The third kappa shape index (κ3) is 3.11. The summed E-state index contributed by atoms with van der Waals surface area (Å²) < 4.78 is 0. The van der Waals surface area contributed by atoms with E-state index < -0.39 is 5.60 Å². The Morgan fingerprint density at radius 1 is 1.50 bits per heavy atom. The molecule has 0 radical (unpaired) electrons. The third-order valence-corrected chi connectivity index (χ3v) is 4.57. The van der Waals surface area contributed by atoms with Crippen LogP contribution in [0.3, 0.4) is 0 Å². The van der Waals surface area contributed by atoms with E-state index in [0.717, 1.165) is 10.9 Å². The highest BCUT2D eigenvalue weighted by molar-refractivity contribution is 6.31. The molecule has 5 nitrogen and oxygen atoms in total. The van der Waals surface area contributed by atoms with Gasteiger partial charge in [0.2, 0.25) is 0 Å². The van der Waals surface area contributed by atoms with Crippen molar-refractivity contribution in [1.82, 2.24) is 10.3 Å². The number of aromatic nitrogens is 1. The maximum absolute atomic E-state index is 12.4. The summed E-state index contributed by atoms with van der Waals surface area (Å²) in [6, 6.07) is 6.82. The minimum atomic E-state index is -0.776. The summed E-state index contributed by atoms with van der Waals surface area (Å²) in [6.07, 6.45) is 1.82. The molecule has 3 rings (SSSR count). The lowest BCUT2D eigenvalue weighted by atomic mass is 9.80. The van der Waals surface area contributed by atoms with Gasteiger partial charge in [0.1, 0.15) is 5.69 Å². The minimum absolute atomic E-state index is 0.136. The first-order chi connectivity index (χ1) is 10.3. The van der Waals surface area contributed by atoms with E-state index in [-0.39, 0.29) is 18.0 Å². The van der Waals surface area contributed by atoms with Crippen LogP contribution in [0.15, 0.2) is 24.3 Å². The van der Waals surface area contributed by atoms with Crippen LogP contribution in [-0.2, 0) is 0 Å². The summed E-state index contributed by atoms with van der Waals surface area (Å²) in [5.74, 6) is -0.217. The second kappa shape index (κ2) is 5.57. The Balaban J connectivity index is 1.77. The monoisotopic (exact) mass is 321 g/mol. The van der Waals surface area contributed by atoms with Gasteiger partial charge in [-0.25, -0.2) is 0 Å².